The van der Waals surface area contributed by atoms with Gasteiger partial charge in [-0.05, 0) is 12.8 Å². The second kappa shape index (κ2) is 6.53. The van der Waals surface area contributed by atoms with Crippen LogP contribution >= 0.6 is 11.6 Å². The van der Waals surface area contributed by atoms with Crippen molar-refractivity contribution in [2.75, 3.05) is 7.05 Å². The van der Waals surface area contributed by atoms with Crippen LogP contribution in [0.4, 0.5) is 4.79 Å². The first-order valence-corrected chi connectivity index (χ1v) is 8.11. The van der Waals surface area contributed by atoms with Gasteiger partial charge in [-0.2, -0.15) is 0 Å². The van der Waals surface area contributed by atoms with Gasteiger partial charge in [-0.15, -0.1) is 0 Å². The Morgan fingerprint density at radius 1 is 1.23 bits per heavy atom. The number of aromatic nitrogens is 2. The van der Waals surface area contributed by atoms with E-state index in [2.05, 4.69) is 4.98 Å². The molecule has 0 spiro atoms. The monoisotopic (exact) mass is 317 g/mol. The molecule has 1 aliphatic carbocycles. The van der Waals surface area contributed by atoms with Gasteiger partial charge in [0.05, 0.1) is 0 Å². The molecule has 1 fully saturated rings. The molecule has 0 unspecified atom stereocenters. The summed E-state index contributed by atoms with van der Waals surface area (Å²) in [6.45, 7) is 0. The Labute approximate surface area is 135 Å². The van der Waals surface area contributed by atoms with Crippen LogP contribution in [0.5, 0.6) is 0 Å². The quantitative estimate of drug-likeness (QED) is 0.821. The third-order valence-electron chi connectivity index (χ3n) is 4.39. The smallest absolute Gasteiger partial charge is 0.324 e. The number of benzene rings is 1. The van der Waals surface area contributed by atoms with E-state index in [0.717, 1.165) is 18.4 Å². The van der Waals surface area contributed by atoms with Crippen LogP contribution < -0.4 is 0 Å². The SMILES string of the molecule is CN(C(=O)n1cnc(-c2ccccc2)c1Cl)C1CCCCC1. The number of carbonyl (C=O) groups excluding carboxylic acids is 1. The summed E-state index contributed by atoms with van der Waals surface area (Å²) < 4.78 is 1.44. The summed E-state index contributed by atoms with van der Waals surface area (Å²) in [7, 11) is 1.86. The minimum absolute atomic E-state index is 0.105. The van der Waals surface area contributed by atoms with Gasteiger partial charge in [0.15, 0.2) is 0 Å². The molecule has 0 bridgehead atoms. The number of halogens is 1. The lowest BCUT2D eigenvalue weighted by Gasteiger charge is -2.31. The minimum Gasteiger partial charge on any atom is -0.324 e. The van der Waals surface area contributed by atoms with Gasteiger partial charge in [-0.25, -0.2) is 14.3 Å². The van der Waals surface area contributed by atoms with Gasteiger partial charge < -0.3 is 4.90 Å². The molecule has 0 saturated heterocycles. The van der Waals surface area contributed by atoms with E-state index in [4.69, 9.17) is 11.6 Å². The van der Waals surface area contributed by atoms with Gasteiger partial charge in [0.1, 0.15) is 17.2 Å². The average Bonchev–Trinajstić information content (AvgIpc) is 2.96. The van der Waals surface area contributed by atoms with Crippen LogP contribution in [0.15, 0.2) is 36.7 Å². The number of imidazole rings is 1. The number of hydrogen-bond donors (Lipinski definition) is 0. The van der Waals surface area contributed by atoms with Crippen LogP contribution in [-0.2, 0) is 0 Å². The first-order valence-electron chi connectivity index (χ1n) is 7.74. The molecule has 0 atom stereocenters. The van der Waals surface area contributed by atoms with Crippen molar-refractivity contribution in [3.63, 3.8) is 0 Å². The predicted molar refractivity (Wildman–Crippen MR) is 88.1 cm³/mol. The molecule has 116 valence electrons. The zero-order chi connectivity index (χ0) is 15.5. The molecule has 2 aromatic rings. The summed E-state index contributed by atoms with van der Waals surface area (Å²) in [4.78, 5) is 18.8. The standard InChI is InChI=1S/C17H20ClN3O/c1-20(14-10-6-3-7-11-14)17(22)21-12-19-15(16(21)18)13-8-4-2-5-9-13/h2,4-5,8-9,12,14H,3,6-7,10-11H2,1H3. The van der Waals surface area contributed by atoms with Crippen LogP contribution in [0.1, 0.15) is 32.1 Å². The Kier molecular flexibility index (Phi) is 4.48. The van der Waals surface area contributed by atoms with E-state index in [-0.39, 0.29) is 6.03 Å². The number of hydrogen-bond acceptors (Lipinski definition) is 2. The summed E-state index contributed by atoms with van der Waals surface area (Å²) in [5.74, 6) is 0. The number of amides is 1. The summed E-state index contributed by atoms with van der Waals surface area (Å²) in [6, 6.07) is 9.88. The summed E-state index contributed by atoms with van der Waals surface area (Å²) in [5, 5.41) is 0.374. The van der Waals surface area contributed by atoms with Crippen molar-refractivity contribution in [1.29, 1.82) is 0 Å². The molecule has 1 aromatic carbocycles. The lowest BCUT2D eigenvalue weighted by molar-refractivity contribution is 0.175. The van der Waals surface area contributed by atoms with Gasteiger partial charge in [0, 0.05) is 18.7 Å². The van der Waals surface area contributed by atoms with Gasteiger partial charge >= 0.3 is 6.03 Å². The van der Waals surface area contributed by atoms with E-state index < -0.39 is 0 Å². The Morgan fingerprint density at radius 2 is 1.91 bits per heavy atom. The number of carbonyl (C=O) groups is 1. The Morgan fingerprint density at radius 3 is 2.59 bits per heavy atom. The van der Waals surface area contributed by atoms with E-state index in [0.29, 0.717) is 16.9 Å². The first-order chi connectivity index (χ1) is 10.7. The number of nitrogens with zero attached hydrogens (tertiary/aromatic N) is 3. The molecule has 0 aliphatic heterocycles. The fourth-order valence-electron chi connectivity index (χ4n) is 3.05. The molecular weight excluding hydrogens is 298 g/mol. The second-order valence-corrected chi connectivity index (χ2v) is 6.16. The predicted octanol–water partition coefficient (Wildman–Crippen LogP) is 4.44. The van der Waals surface area contributed by atoms with Crippen molar-refractivity contribution < 1.29 is 4.79 Å². The van der Waals surface area contributed by atoms with E-state index in [1.54, 1.807) is 0 Å². The van der Waals surface area contributed by atoms with E-state index in [1.165, 1.54) is 30.2 Å². The highest BCUT2D eigenvalue weighted by molar-refractivity contribution is 6.33. The van der Waals surface area contributed by atoms with Crippen LogP contribution in [0.25, 0.3) is 11.3 Å². The Hall–Kier alpha value is -1.81. The van der Waals surface area contributed by atoms with E-state index >= 15 is 0 Å². The molecule has 0 N–H and O–H groups in total. The highest BCUT2D eigenvalue weighted by Crippen LogP contribution is 2.28. The maximum Gasteiger partial charge on any atom is 0.330 e. The van der Waals surface area contributed by atoms with Crippen molar-refractivity contribution in [3.8, 4) is 11.3 Å². The fraction of sp³-hybridized carbons (Fsp3) is 0.412. The van der Waals surface area contributed by atoms with E-state index in [1.807, 2.05) is 42.3 Å². The van der Waals surface area contributed by atoms with Crippen molar-refractivity contribution in [2.24, 2.45) is 0 Å². The zero-order valence-corrected chi connectivity index (χ0v) is 13.5. The van der Waals surface area contributed by atoms with Gasteiger partial charge in [0.2, 0.25) is 0 Å². The lowest BCUT2D eigenvalue weighted by atomic mass is 9.95. The molecule has 1 heterocycles. The maximum atomic E-state index is 12.7. The third kappa shape index (κ3) is 2.88. The van der Waals surface area contributed by atoms with Crippen molar-refractivity contribution in [2.45, 2.75) is 38.1 Å². The summed E-state index contributed by atoms with van der Waals surface area (Å²) >= 11 is 6.39. The van der Waals surface area contributed by atoms with Crippen LogP contribution in [-0.4, -0.2) is 33.6 Å². The van der Waals surface area contributed by atoms with Gasteiger partial charge in [0.25, 0.3) is 0 Å². The molecule has 1 aliphatic rings. The van der Waals surface area contributed by atoms with Crippen LogP contribution in [0.2, 0.25) is 5.15 Å². The molecule has 3 rings (SSSR count). The molecule has 1 aromatic heterocycles. The molecule has 1 saturated carbocycles. The van der Waals surface area contributed by atoms with Gasteiger partial charge in [-0.3, -0.25) is 0 Å². The first kappa shape index (κ1) is 15.1. The maximum absolute atomic E-state index is 12.7. The average molecular weight is 318 g/mol. The molecular formula is C17H20ClN3O. The molecule has 4 nitrogen and oxygen atoms in total. The molecule has 22 heavy (non-hydrogen) atoms. The molecule has 5 heteroatoms. The second-order valence-electron chi connectivity index (χ2n) is 5.81. The third-order valence-corrected chi connectivity index (χ3v) is 4.75. The fourth-order valence-corrected chi connectivity index (χ4v) is 3.32. The van der Waals surface area contributed by atoms with Crippen LogP contribution in [0.3, 0.4) is 0 Å². The zero-order valence-electron chi connectivity index (χ0n) is 12.7. The van der Waals surface area contributed by atoms with Crippen molar-refractivity contribution in [3.05, 3.63) is 41.8 Å². The van der Waals surface area contributed by atoms with Gasteiger partial charge in [-0.1, -0.05) is 61.2 Å². The van der Waals surface area contributed by atoms with Crippen LogP contribution in [0, 0.1) is 0 Å². The topological polar surface area (TPSA) is 38.1 Å². The van der Waals surface area contributed by atoms with E-state index in [9.17, 15) is 4.79 Å². The Balaban J connectivity index is 1.83. The highest BCUT2D eigenvalue weighted by atomic mass is 35.5. The Bertz CT molecular complexity index is 647. The summed E-state index contributed by atoms with van der Waals surface area (Å²) in [5.41, 5.74) is 1.56. The molecule has 0 radical (unpaired) electrons. The largest absolute Gasteiger partial charge is 0.330 e. The summed E-state index contributed by atoms with van der Waals surface area (Å²) in [6.07, 6.45) is 7.31. The lowest BCUT2D eigenvalue weighted by Crippen LogP contribution is -2.40. The molecule has 1 amide bonds. The highest BCUT2D eigenvalue weighted by Gasteiger charge is 2.25. The van der Waals surface area contributed by atoms with Crippen molar-refractivity contribution in [1.82, 2.24) is 14.5 Å². The normalized spacial score (nSPS) is 15.7. The minimum atomic E-state index is -0.105. The van der Waals surface area contributed by atoms with Crippen molar-refractivity contribution >= 4 is 17.6 Å². The number of rotatable bonds is 2.